The van der Waals surface area contributed by atoms with Crippen LogP contribution in [-0.4, -0.2) is 36.4 Å². The predicted octanol–water partition coefficient (Wildman–Crippen LogP) is 1.23. The maximum absolute atomic E-state index is 11.5. The molecule has 1 aromatic carbocycles. The van der Waals surface area contributed by atoms with Crippen LogP contribution in [0.25, 0.3) is 0 Å². The zero-order valence-electron chi connectivity index (χ0n) is 10.1. The lowest BCUT2D eigenvalue weighted by molar-refractivity contribution is -0.152. The van der Waals surface area contributed by atoms with Gasteiger partial charge in [-0.25, -0.2) is 0 Å². The van der Waals surface area contributed by atoms with Gasteiger partial charge in [-0.15, -0.1) is 0 Å². The van der Waals surface area contributed by atoms with Gasteiger partial charge in [-0.3, -0.25) is 4.79 Å². The van der Waals surface area contributed by atoms with E-state index in [1.807, 2.05) is 43.3 Å². The summed E-state index contributed by atoms with van der Waals surface area (Å²) in [4.78, 5) is 13.4. The number of benzene rings is 1. The van der Waals surface area contributed by atoms with E-state index in [-0.39, 0.29) is 0 Å². The Morgan fingerprint density at radius 1 is 1.35 bits per heavy atom. The molecule has 0 radical (unpaired) electrons. The van der Waals surface area contributed by atoms with Crippen molar-refractivity contribution >= 4 is 11.7 Å². The van der Waals surface area contributed by atoms with Crippen molar-refractivity contribution in [1.29, 1.82) is 0 Å². The number of para-hydroxylation sites is 1. The quantitative estimate of drug-likeness (QED) is 0.827. The third-order valence-corrected chi connectivity index (χ3v) is 3.48. The van der Waals surface area contributed by atoms with Crippen LogP contribution in [-0.2, 0) is 10.2 Å². The Hall–Kier alpha value is -1.55. The van der Waals surface area contributed by atoms with Crippen LogP contribution >= 0.6 is 0 Å². The molecule has 1 saturated carbocycles. The molecule has 0 aromatic heterocycles. The fourth-order valence-corrected chi connectivity index (χ4v) is 2.52. The smallest absolute Gasteiger partial charge is 0.314 e. The van der Waals surface area contributed by atoms with Crippen LogP contribution in [0.5, 0.6) is 0 Å². The normalized spacial score (nSPS) is 27.4. The summed E-state index contributed by atoms with van der Waals surface area (Å²) in [5.41, 5.74) is 0.782. The van der Waals surface area contributed by atoms with Crippen molar-refractivity contribution in [2.75, 3.05) is 19.0 Å². The first-order valence-electron chi connectivity index (χ1n) is 5.65. The molecule has 1 aromatic rings. The molecule has 4 nitrogen and oxygen atoms in total. The number of aliphatic hydroxyl groups excluding tert-OH is 1. The highest BCUT2D eigenvalue weighted by atomic mass is 16.4. The van der Waals surface area contributed by atoms with Gasteiger partial charge in [0.25, 0.3) is 0 Å². The summed E-state index contributed by atoms with van der Waals surface area (Å²) >= 11 is 0. The van der Waals surface area contributed by atoms with Gasteiger partial charge >= 0.3 is 5.97 Å². The average molecular weight is 235 g/mol. The zero-order valence-corrected chi connectivity index (χ0v) is 10.1. The topological polar surface area (TPSA) is 60.8 Å². The molecule has 4 heteroatoms. The third kappa shape index (κ3) is 1.78. The molecule has 0 bridgehead atoms. The molecule has 92 valence electrons. The van der Waals surface area contributed by atoms with Crippen LogP contribution in [0.15, 0.2) is 24.3 Å². The molecule has 0 heterocycles. The molecule has 0 amide bonds. The third-order valence-electron chi connectivity index (χ3n) is 3.48. The highest BCUT2D eigenvalue weighted by Crippen LogP contribution is 2.47. The first-order chi connectivity index (χ1) is 7.97. The number of hydrogen-bond acceptors (Lipinski definition) is 3. The second-order valence-electron chi connectivity index (χ2n) is 4.86. The maximum atomic E-state index is 11.5. The van der Waals surface area contributed by atoms with Gasteiger partial charge < -0.3 is 15.1 Å². The molecular weight excluding hydrogens is 218 g/mol. The van der Waals surface area contributed by atoms with Crippen LogP contribution in [0.2, 0.25) is 0 Å². The van der Waals surface area contributed by atoms with E-state index in [0.717, 1.165) is 11.3 Å². The molecule has 0 atom stereocenters. The van der Waals surface area contributed by atoms with Gasteiger partial charge in [0.05, 0.1) is 11.5 Å². The fraction of sp³-hybridized carbons (Fsp3) is 0.462. The molecule has 0 spiro atoms. The molecular formula is C13H17NO3. The zero-order chi connectivity index (χ0) is 12.6. The maximum Gasteiger partial charge on any atom is 0.314 e. The van der Waals surface area contributed by atoms with Crippen LogP contribution in [0, 0.1) is 0 Å². The molecule has 2 rings (SSSR count). The Kier molecular flexibility index (Phi) is 2.83. The summed E-state index contributed by atoms with van der Waals surface area (Å²) in [6.45, 7) is 0. The standard InChI is InChI=1S/C13H17NO3/c1-14(2)11-6-4-3-5-10(11)13(12(16)17)7-9(15)8-13/h3-6,9,15H,7-8H2,1-2H3,(H,16,17). The van der Waals surface area contributed by atoms with Crippen molar-refractivity contribution in [3.63, 3.8) is 0 Å². The van der Waals surface area contributed by atoms with Gasteiger partial charge in [0.2, 0.25) is 0 Å². The Balaban J connectivity index is 2.48. The number of rotatable bonds is 3. The lowest BCUT2D eigenvalue weighted by Gasteiger charge is -2.43. The first kappa shape index (κ1) is 11.9. The number of carbonyl (C=O) groups is 1. The molecule has 1 aliphatic rings. The van der Waals surface area contributed by atoms with Crippen molar-refractivity contribution in [1.82, 2.24) is 0 Å². The Morgan fingerprint density at radius 2 is 1.94 bits per heavy atom. The van der Waals surface area contributed by atoms with Crippen LogP contribution < -0.4 is 4.90 Å². The SMILES string of the molecule is CN(C)c1ccccc1C1(C(=O)O)CC(O)C1. The molecule has 0 saturated heterocycles. The van der Waals surface area contributed by atoms with Gasteiger partial charge in [0, 0.05) is 19.8 Å². The lowest BCUT2D eigenvalue weighted by Crippen LogP contribution is -2.51. The lowest BCUT2D eigenvalue weighted by atomic mass is 9.62. The monoisotopic (exact) mass is 235 g/mol. The molecule has 1 aliphatic carbocycles. The van der Waals surface area contributed by atoms with Gasteiger partial charge in [0.1, 0.15) is 0 Å². The van der Waals surface area contributed by atoms with Crippen LogP contribution in [0.1, 0.15) is 18.4 Å². The highest BCUT2D eigenvalue weighted by molar-refractivity contribution is 5.85. The minimum absolute atomic E-state index is 0.299. The van der Waals surface area contributed by atoms with E-state index in [2.05, 4.69) is 0 Å². The summed E-state index contributed by atoms with van der Waals surface area (Å²) in [6.07, 6.45) is 0.0988. The predicted molar refractivity (Wildman–Crippen MR) is 65.3 cm³/mol. The number of aliphatic hydroxyl groups is 1. The molecule has 1 fully saturated rings. The van der Waals surface area contributed by atoms with E-state index >= 15 is 0 Å². The van der Waals surface area contributed by atoms with Crippen molar-refractivity contribution in [2.24, 2.45) is 0 Å². The Bertz CT molecular complexity index is 436. The molecule has 17 heavy (non-hydrogen) atoms. The Morgan fingerprint density at radius 3 is 2.41 bits per heavy atom. The molecule has 2 N–H and O–H groups in total. The summed E-state index contributed by atoms with van der Waals surface area (Å²) in [6, 6.07) is 7.49. The summed E-state index contributed by atoms with van der Waals surface area (Å²) in [5.74, 6) is -0.850. The number of nitrogens with zero attached hydrogens (tertiary/aromatic N) is 1. The van der Waals surface area contributed by atoms with Gasteiger partial charge in [0.15, 0.2) is 0 Å². The van der Waals surface area contributed by atoms with Crippen molar-refractivity contribution < 1.29 is 15.0 Å². The second-order valence-corrected chi connectivity index (χ2v) is 4.86. The minimum atomic E-state index is -0.916. The summed E-state index contributed by atoms with van der Waals surface area (Å²) < 4.78 is 0. The Labute approximate surface area is 100 Å². The van der Waals surface area contributed by atoms with E-state index in [1.165, 1.54) is 0 Å². The van der Waals surface area contributed by atoms with Crippen molar-refractivity contribution in [2.45, 2.75) is 24.4 Å². The van der Waals surface area contributed by atoms with E-state index in [4.69, 9.17) is 0 Å². The van der Waals surface area contributed by atoms with Crippen molar-refractivity contribution in [3.05, 3.63) is 29.8 Å². The molecule has 0 unspecified atom stereocenters. The van der Waals surface area contributed by atoms with Gasteiger partial charge in [-0.05, 0) is 24.5 Å². The highest BCUT2D eigenvalue weighted by Gasteiger charge is 2.52. The van der Waals surface area contributed by atoms with E-state index in [1.54, 1.807) is 0 Å². The number of anilines is 1. The summed E-state index contributed by atoms with van der Waals surface area (Å²) in [7, 11) is 3.78. The summed E-state index contributed by atoms with van der Waals surface area (Å²) in [5, 5.41) is 18.9. The first-order valence-corrected chi connectivity index (χ1v) is 5.65. The van der Waals surface area contributed by atoms with E-state index < -0.39 is 17.5 Å². The van der Waals surface area contributed by atoms with Gasteiger partial charge in [-0.2, -0.15) is 0 Å². The minimum Gasteiger partial charge on any atom is -0.481 e. The fourth-order valence-electron chi connectivity index (χ4n) is 2.52. The van der Waals surface area contributed by atoms with E-state index in [0.29, 0.717) is 12.8 Å². The number of carboxylic acid groups (broad SMARTS) is 1. The van der Waals surface area contributed by atoms with Crippen LogP contribution in [0.4, 0.5) is 5.69 Å². The molecule has 0 aliphatic heterocycles. The van der Waals surface area contributed by atoms with Gasteiger partial charge in [-0.1, -0.05) is 18.2 Å². The number of aliphatic carboxylic acids is 1. The number of carboxylic acids is 1. The average Bonchev–Trinajstić information content (AvgIpc) is 2.24. The number of hydrogen-bond donors (Lipinski definition) is 2. The van der Waals surface area contributed by atoms with Crippen LogP contribution in [0.3, 0.4) is 0 Å². The van der Waals surface area contributed by atoms with Crippen molar-refractivity contribution in [3.8, 4) is 0 Å². The second kappa shape index (κ2) is 4.04. The largest absolute Gasteiger partial charge is 0.481 e. The van der Waals surface area contributed by atoms with E-state index in [9.17, 15) is 15.0 Å².